The minimum absolute atomic E-state index is 0.0724. The summed E-state index contributed by atoms with van der Waals surface area (Å²) in [4.78, 5) is 18.4. The number of rotatable bonds is 4. The van der Waals surface area contributed by atoms with E-state index in [0.717, 1.165) is 42.2 Å². The van der Waals surface area contributed by atoms with Crippen LogP contribution in [0.2, 0.25) is 0 Å². The van der Waals surface area contributed by atoms with Crippen LogP contribution in [-0.2, 0) is 16.1 Å². The van der Waals surface area contributed by atoms with Crippen LogP contribution in [0.3, 0.4) is 0 Å². The summed E-state index contributed by atoms with van der Waals surface area (Å²) in [7, 11) is 2.18. The lowest BCUT2D eigenvalue weighted by molar-refractivity contribution is -0.114. The van der Waals surface area contributed by atoms with Crippen LogP contribution in [0.5, 0.6) is 0 Å². The summed E-state index contributed by atoms with van der Waals surface area (Å²) in [5.41, 5.74) is 2.79. The van der Waals surface area contributed by atoms with E-state index in [0.29, 0.717) is 19.3 Å². The number of piperidine rings is 1. The third-order valence-electron chi connectivity index (χ3n) is 5.35. The van der Waals surface area contributed by atoms with Gasteiger partial charge in [-0.2, -0.15) is 0 Å². The first-order chi connectivity index (χ1) is 12.6. The Kier molecular flexibility index (Phi) is 4.93. The maximum atomic E-state index is 11.3. The number of imidazole rings is 1. The van der Waals surface area contributed by atoms with E-state index in [-0.39, 0.29) is 11.9 Å². The summed E-state index contributed by atoms with van der Waals surface area (Å²) in [5.74, 6) is 0.887. The van der Waals surface area contributed by atoms with E-state index in [1.807, 2.05) is 18.2 Å². The van der Waals surface area contributed by atoms with E-state index in [1.54, 1.807) is 0 Å². The highest BCUT2D eigenvalue weighted by molar-refractivity contribution is 5.91. The third-order valence-corrected chi connectivity index (χ3v) is 5.35. The van der Waals surface area contributed by atoms with Crippen LogP contribution in [0.4, 0.5) is 5.69 Å². The number of anilines is 1. The highest BCUT2D eigenvalue weighted by Crippen LogP contribution is 2.28. The lowest BCUT2D eigenvalue weighted by Crippen LogP contribution is -2.44. The van der Waals surface area contributed by atoms with Gasteiger partial charge in [0.25, 0.3) is 0 Å². The summed E-state index contributed by atoms with van der Waals surface area (Å²) >= 11 is 0. The largest absolute Gasteiger partial charge is 0.371 e. The van der Waals surface area contributed by atoms with Crippen LogP contribution in [0, 0.1) is 0 Å². The normalized spacial score (nSPS) is 21.7. The molecular formula is C19H27N5O2. The number of hydrogen-bond donors (Lipinski definition) is 2. The molecule has 2 aliphatic rings. The van der Waals surface area contributed by atoms with Gasteiger partial charge in [0.2, 0.25) is 5.91 Å². The molecule has 0 radical (unpaired) electrons. The van der Waals surface area contributed by atoms with Gasteiger partial charge in [0.05, 0.1) is 23.7 Å². The van der Waals surface area contributed by atoms with Crippen LogP contribution in [0.15, 0.2) is 18.2 Å². The van der Waals surface area contributed by atoms with Gasteiger partial charge in [-0.1, -0.05) is 0 Å². The average molecular weight is 357 g/mol. The van der Waals surface area contributed by atoms with E-state index in [4.69, 9.17) is 9.72 Å². The number of hydrogen-bond acceptors (Lipinski definition) is 5. The number of carbonyl (C=O) groups is 1. The Morgan fingerprint density at radius 3 is 2.92 bits per heavy atom. The zero-order valence-corrected chi connectivity index (χ0v) is 15.5. The number of fused-ring (bicyclic) bond motifs is 3. The first kappa shape index (κ1) is 17.5. The van der Waals surface area contributed by atoms with Crippen molar-refractivity contribution < 1.29 is 9.53 Å². The van der Waals surface area contributed by atoms with Gasteiger partial charge >= 0.3 is 0 Å². The molecule has 0 spiro atoms. The Morgan fingerprint density at radius 2 is 2.15 bits per heavy atom. The average Bonchev–Trinajstić information content (AvgIpc) is 2.99. The van der Waals surface area contributed by atoms with Crippen LogP contribution in [0.1, 0.15) is 31.6 Å². The molecule has 26 heavy (non-hydrogen) atoms. The molecule has 140 valence electrons. The molecule has 0 aliphatic carbocycles. The molecule has 2 N–H and O–H groups in total. The van der Waals surface area contributed by atoms with E-state index in [9.17, 15) is 4.79 Å². The third kappa shape index (κ3) is 3.60. The standard InChI is InChI=1S/C19H27N5O2/c1-13(25)21-15-3-4-18-17(9-15)22-19-12-26-11-16(24(18)19)10-20-14-5-7-23(2)8-6-14/h3-4,9,14,16,20H,5-8,10-12H2,1-2H3,(H,21,25)/t16-/m0/s1. The Hall–Kier alpha value is -1.96. The maximum absolute atomic E-state index is 11.3. The van der Waals surface area contributed by atoms with Crippen molar-refractivity contribution in [1.29, 1.82) is 0 Å². The Balaban J connectivity index is 1.52. The fraction of sp³-hybridized carbons (Fsp3) is 0.579. The van der Waals surface area contributed by atoms with Gasteiger partial charge in [0, 0.05) is 25.2 Å². The lowest BCUT2D eigenvalue weighted by Gasteiger charge is -2.32. The van der Waals surface area contributed by atoms with Gasteiger partial charge in [-0.15, -0.1) is 0 Å². The molecule has 1 fully saturated rings. The fourth-order valence-electron chi connectivity index (χ4n) is 3.97. The molecule has 0 unspecified atom stereocenters. The Labute approximate surface area is 153 Å². The molecule has 7 heteroatoms. The molecule has 1 amide bonds. The molecule has 0 saturated carbocycles. The number of ether oxygens (including phenoxy) is 1. The lowest BCUT2D eigenvalue weighted by atomic mass is 10.1. The summed E-state index contributed by atoms with van der Waals surface area (Å²) in [6, 6.07) is 6.75. The SMILES string of the molecule is CC(=O)Nc1ccc2c(c1)nc1n2[C@@H](CNC2CCN(C)CC2)COC1. The number of nitrogens with zero attached hydrogens (tertiary/aromatic N) is 3. The van der Waals surface area contributed by atoms with Gasteiger partial charge in [-0.25, -0.2) is 4.98 Å². The summed E-state index contributed by atoms with van der Waals surface area (Å²) in [5, 5.41) is 6.56. The second kappa shape index (κ2) is 7.34. The molecule has 4 rings (SSSR count). The number of aromatic nitrogens is 2. The first-order valence-corrected chi connectivity index (χ1v) is 9.38. The van der Waals surface area contributed by atoms with Crippen molar-refractivity contribution >= 4 is 22.6 Å². The summed E-state index contributed by atoms with van der Waals surface area (Å²) in [6.45, 7) is 5.95. The summed E-state index contributed by atoms with van der Waals surface area (Å²) in [6.07, 6.45) is 2.39. The minimum Gasteiger partial charge on any atom is -0.371 e. The monoisotopic (exact) mass is 357 g/mol. The number of likely N-dealkylation sites (tertiary alicyclic amines) is 1. The molecule has 2 aliphatic heterocycles. The van der Waals surface area contributed by atoms with E-state index in [2.05, 4.69) is 27.1 Å². The van der Waals surface area contributed by atoms with Crippen LogP contribution in [0.25, 0.3) is 11.0 Å². The minimum atomic E-state index is -0.0724. The zero-order valence-electron chi connectivity index (χ0n) is 15.5. The summed E-state index contributed by atoms with van der Waals surface area (Å²) < 4.78 is 8.09. The van der Waals surface area contributed by atoms with Crippen molar-refractivity contribution in [3.63, 3.8) is 0 Å². The highest BCUT2D eigenvalue weighted by atomic mass is 16.5. The van der Waals surface area contributed by atoms with Crippen LogP contribution in [-0.4, -0.2) is 59.7 Å². The Morgan fingerprint density at radius 1 is 1.35 bits per heavy atom. The molecule has 1 aromatic heterocycles. The molecule has 7 nitrogen and oxygen atoms in total. The highest BCUT2D eigenvalue weighted by Gasteiger charge is 2.25. The number of nitrogens with one attached hydrogen (secondary N) is 2. The van der Waals surface area contributed by atoms with Gasteiger partial charge in [-0.3, -0.25) is 4.79 Å². The first-order valence-electron chi connectivity index (χ1n) is 9.38. The van der Waals surface area contributed by atoms with Gasteiger partial charge in [0.15, 0.2) is 0 Å². The van der Waals surface area contributed by atoms with Crippen molar-refractivity contribution in [2.75, 3.05) is 38.6 Å². The van der Waals surface area contributed by atoms with Crippen molar-refractivity contribution in [2.24, 2.45) is 0 Å². The topological polar surface area (TPSA) is 71.4 Å². The maximum Gasteiger partial charge on any atom is 0.221 e. The molecule has 1 saturated heterocycles. The molecule has 2 aromatic rings. The molecule has 1 atom stereocenters. The zero-order chi connectivity index (χ0) is 18.1. The predicted octanol–water partition coefficient (Wildman–Crippen LogP) is 1.75. The van der Waals surface area contributed by atoms with Gasteiger partial charge < -0.3 is 24.8 Å². The van der Waals surface area contributed by atoms with Crippen molar-refractivity contribution in [3.8, 4) is 0 Å². The quantitative estimate of drug-likeness (QED) is 0.872. The van der Waals surface area contributed by atoms with E-state index in [1.165, 1.54) is 19.8 Å². The Bertz CT molecular complexity index is 795. The smallest absolute Gasteiger partial charge is 0.221 e. The second-order valence-electron chi connectivity index (χ2n) is 7.44. The van der Waals surface area contributed by atoms with Crippen molar-refractivity contribution in [2.45, 2.75) is 38.5 Å². The fourth-order valence-corrected chi connectivity index (χ4v) is 3.97. The van der Waals surface area contributed by atoms with Crippen molar-refractivity contribution in [1.82, 2.24) is 19.8 Å². The molecular weight excluding hydrogens is 330 g/mol. The van der Waals surface area contributed by atoms with Gasteiger partial charge in [0.1, 0.15) is 12.4 Å². The van der Waals surface area contributed by atoms with E-state index >= 15 is 0 Å². The van der Waals surface area contributed by atoms with Crippen molar-refractivity contribution in [3.05, 3.63) is 24.0 Å². The molecule has 1 aromatic carbocycles. The van der Waals surface area contributed by atoms with Crippen LogP contribution >= 0.6 is 0 Å². The number of amides is 1. The number of carbonyl (C=O) groups excluding carboxylic acids is 1. The molecule has 3 heterocycles. The van der Waals surface area contributed by atoms with E-state index < -0.39 is 0 Å². The molecule has 0 bridgehead atoms. The van der Waals surface area contributed by atoms with Crippen LogP contribution < -0.4 is 10.6 Å². The number of benzene rings is 1. The van der Waals surface area contributed by atoms with Gasteiger partial charge in [-0.05, 0) is 51.2 Å². The second-order valence-corrected chi connectivity index (χ2v) is 7.44. The predicted molar refractivity (Wildman–Crippen MR) is 101 cm³/mol.